The molecule has 0 saturated heterocycles. The number of allylic oxidation sites excluding steroid dienone is 5. The first-order valence-corrected chi connectivity index (χ1v) is 8.51. The van der Waals surface area contributed by atoms with Gasteiger partial charge in [-0.15, -0.1) is 6.58 Å². The van der Waals surface area contributed by atoms with Crippen LogP contribution in [-0.4, -0.2) is 0 Å². The number of hydrogen-bond donors (Lipinski definition) is 0. The second-order valence-corrected chi connectivity index (χ2v) is 6.47. The zero-order valence-electron chi connectivity index (χ0n) is 13.1. The molecule has 1 heteroatoms. The summed E-state index contributed by atoms with van der Waals surface area (Å²) in [7, 11) is 0. The monoisotopic (exact) mass is 400 g/mol. The van der Waals surface area contributed by atoms with Gasteiger partial charge in [-0.2, -0.15) is 0 Å². The molecule has 0 radical (unpaired) electrons. The summed E-state index contributed by atoms with van der Waals surface area (Å²) in [5.41, 5.74) is 6.42. The van der Waals surface area contributed by atoms with Crippen LogP contribution < -0.4 is 0 Å². The minimum atomic E-state index is 0.874. The van der Waals surface area contributed by atoms with Gasteiger partial charge in [0.2, 0.25) is 0 Å². The van der Waals surface area contributed by atoms with E-state index >= 15 is 0 Å². The maximum Gasteiger partial charge on any atom is 0.0205 e. The van der Waals surface area contributed by atoms with Gasteiger partial charge in [0.1, 0.15) is 0 Å². The molecular formula is C21H21I. The zero-order valence-corrected chi connectivity index (χ0v) is 15.3. The fraction of sp³-hybridized carbons (Fsp3) is 0.143. The van der Waals surface area contributed by atoms with Gasteiger partial charge in [0.05, 0.1) is 0 Å². The van der Waals surface area contributed by atoms with E-state index in [1.165, 1.54) is 31.4 Å². The van der Waals surface area contributed by atoms with E-state index in [9.17, 15) is 0 Å². The van der Waals surface area contributed by atoms with Crippen molar-refractivity contribution in [2.24, 2.45) is 0 Å². The van der Waals surface area contributed by atoms with Crippen LogP contribution in [0, 0.1) is 10.5 Å². The summed E-state index contributed by atoms with van der Waals surface area (Å²) in [6.45, 7) is 8.17. The van der Waals surface area contributed by atoms with E-state index in [1.54, 1.807) is 0 Å². The van der Waals surface area contributed by atoms with Crippen LogP contribution in [0.25, 0.3) is 11.1 Å². The number of aryl methyl sites for hydroxylation is 1. The topological polar surface area (TPSA) is 0 Å². The van der Waals surface area contributed by atoms with E-state index in [-0.39, 0.29) is 0 Å². The minimum Gasteiger partial charge on any atom is -0.103 e. The van der Waals surface area contributed by atoms with E-state index in [4.69, 9.17) is 0 Å². The predicted molar refractivity (Wildman–Crippen MR) is 107 cm³/mol. The van der Waals surface area contributed by atoms with Crippen molar-refractivity contribution < 1.29 is 0 Å². The van der Waals surface area contributed by atoms with E-state index in [0.29, 0.717) is 0 Å². The Morgan fingerprint density at radius 2 is 1.68 bits per heavy atom. The molecule has 0 heterocycles. The molecule has 0 fully saturated rings. The number of benzene rings is 2. The summed E-state index contributed by atoms with van der Waals surface area (Å²) in [6, 6.07) is 17.0. The molecule has 0 N–H and O–H groups in total. The smallest absolute Gasteiger partial charge is 0.0205 e. The quantitative estimate of drug-likeness (QED) is 0.299. The second kappa shape index (κ2) is 8.14. The zero-order chi connectivity index (χ0) is 15.9. The number of halogens is 1. The van der Waals surface area contributed by atoms with Crippen molar-refractivity contribution in [1.82, 2.24) is 0 Å². The lowest BCUT2D eigenvalue weighted by molar-refractivity contribution is 1.37. The summed E-state index contributed by atoms with van der Waals surface area (Å²) in [6.07, 6.45) is 7.34. The molecule has 0 aliphatic heterocycles. The molecule has 0 amide bonds. The van der Waals surface area contributed by atoms with Crippen LogP contribution in [0.2, 0.25) is 0 Å². The molecular weight excluding hydrogens is 379 g/mol. The summed E-state index contributed by atoms with van der Waals surface area (Å²) < 4.78 is 1.28. The van der Waals surface area contributed by atoms with E-state index < -0.39 is 0 Å². The van der Waals surface area contributed by atoms with Crippen molar-refractivity contribution in [3.05, 3.63) is 93.6 Å². The Bertz CT molecular complexity index is 720. The van der Waals surface area contributed by atoms with Crippen molar-refractivity contribution in [3.8, 4) is 0 Å². The molecule has 0 nitrogen and oxygen atoms in total. The molecule has 0 unspecified atom stereocenters. The van der Waals surface area contributed by atoms with Crippen LogP contribution in [0.5, 0.6) is 0 Å². The van der Waals surface area contributed by atoms with Crippen molar-refractivity contribution in [2.75, 3.05) is 0 Å². The SMILES string of the molecule is C=CC/C=C(\C=C(/C)c1ccccc1I)c1ccccc1C. The van der Waals surface area contributed by atoms with E-state index in [2.05, 4.69) is 104 Å². The lowest BCUT2D eigenvalue weighted by Crippen LogP contribution is -1.89. The maximum atomic E-state index is 3.83. The second-order valence-electron chi connectivity index (χ2n) is 5.31. The third-order valence-corrected chi connectivity index (χ3v) is 4.57. The predicted octanol–water partition coefficient (Wildman–Crippen LogP) is 6.66. The first-order chi connectivity index (χ1) is 10.6. The fourth-order valence-corrected chi connectivity index (χ4v) is 3.26. The van der Waals surface area contributed by atoms with Gasteiger partial charge in [0, 0.05) is 3.57 Å². The molecule has 0 saturated carbocycles. The Kier molecular flexibility index (Phi) is 6.20. The van der Waals surface area contributed by atoms with Gasteiger partial charge in [-0.25, -0.2) is 0 Å². The Morgan fingerprint density at radius 1 is 1.05 bits per heavy atom. The molecule has 22 heavy (non-hydrogen) atoms. The Balaban J connectivity index is 2.48. The van der Waals surface area contributed by atoms with Crippen LogP contribution in [0.15, 0.2) is 73.3 Å². The van der Waals surface area contributed by atoms with Crippen LogP contribution in [-0.2, 0) is 0 Å². The van der Waals surface area contributed by atoms with Crippen LogP contribution in [0.1, 0.15) is 30.0 Å². The largest absolute Gasteiger partial charge is 0.103 e. The van der Waals surface area contributed by atoms with Gasteiger partial charge in [0.15, 0.2) is 0 Å². The Hall–Kier alpha value is -1.61. The minimum absolute atomic E-state index is 0.874. The van der Waals surface area contributed by atoms with Gasteiger partial charge in [0.25, 0.3) is 0 Å². The average Bonchev–Trinajstić information content (AvgIpc) is 2.52. The number of hydrogen-bond acceptors (Lipinski definition) is 0. The molecule has 0 aliphatic rings. The highest BCUT2D eigenvalue weighted by Crippen LogP contribution is 2.27. The molecule has 2 aromatic rings. The summed E-state index contributed by atoms with van der Waals surface area (Å²) >= 11 is 2.40. The van der Waals surface area contributed by atoms with Crippen LogP contribution in [0.4, 0.5) is 0 Å². The molecule has 0 aliphatic carbocycles. The van der Waals surface area contributed by atoms with E-state index in [0.717, 1.165) is 6.42 Å². The first-order valence-electron chi connectivity index (χ1n) is 7.43. The van der Waals surface area contributed by atoms with Crippen molar-refractivity contribution in [1.29, 1.82) is 0 Å². The van der Waals surface area contributed by atoms with E-state index in [1.807, 2.05) is 6.08 Å². The van der Waals surface area contributed by atoms with Crippen molar-refractivity contribution in [3.63, 3.8) is 0 Å². The summed E-state index contributed by atoms with van der Waals surface area (Å²) in [4.78, 5) is 0. The molecule has 0 bridgehead atoms. The third kappa shape index (κ3) is 4.20. The fourth-order valence-electron chi connectivity index (χ4n) is 2.45. The summed E-state index contributed by atoms with van der Waals surface area (Å²) in [5.74, 6) is 0. The lowest BCUT2D eigenvalue weighted by atomic mass is 9.96. The molecule has 2 aromatic carbocycles. The van der Waals surface area contributed by atoms with Gasteiger partial charge in [-0.3, -0.25) is 0 Å². The van der Waals surface area contributed by atoms with Crippen molar-refractivity contribution in [2.45, 2.75) is 20.3 Å². The highest BCUT2D eigenvalue weighted by molar-refractivity contribution is 14.1. The average molecular weight is 400 g/mol. The van der Waals surface area contributed by atoms with Crippen LogP contribution >= 0.6 is 22.6 Å². The molecule has 2 rings (SSSR count). The molecule has 0 aromatic heterocycles. The summed E-state index contributed by atoms with van der Waals surface area (Å²) in [5, 5.41) is 0. The van der Waals surface area contributed by atoms with Crippen molar-refractivity contribution >= 4 is 33.7 Å². The molecule has 0 spiro atoms. The normalized spacial score (nSPS) is 12.3. The first kappa shape index (κ1) is 16.8. The molecule has 0 atom stereocenters. The third-order valence-electron chi connectivity index (χ3n) is 3.63. The van der Waals surface area contributed by atoms with Gasteiger partial charge in [-0.1, -0.05) is 60.7 Å². The van der Waals surface area contributed by atoms with Gasteiger partial charge in [-0.05, 0) is 76.8 Å². The highest BCUT2D eigenvalue weighted by Gasteiger charge is 2.05. The lowest BCUT2D eigenvalue weighted by Gasteiger charge is -2.10. The highest BCUT2D eigenvalue weighted by atomic mass is 127. The maximum absolute atomic E-state index is 3.83. The Morgan fingerprint density at radius 3 is 2.32 bits per heavy atom. The number of rotatable bonds is 5. The molecule has 112 valence electrons. The standard InChI is InChI=1S/C21H21I/c1-4-5-11-18(19-12-7-6-10-16(19)2)15-17(3)20-13-8-9-14-21(20)22/h4,6-15H,1,5H2,2-3H3/b17-15+,18-11+. The Labute approximate surface area is 147 Å². The van der Waals surface area contributed by atoms with Gasteiger partial charge >= 0.3 is 0 Å². The van der Waals surface area contributed by atoms with Crippen LogP contribution in [0.3, 0.4) is 0 Å². The van der Waals surface area contributed by atoms with Gasteiger partial charge < -0.3 is 0 Å².